The maximum absolute atomic E-state index is 14.1. The van der Waals surface area contributed by atoms with Crippen LogP contribution in [0.4, 0.5) is 4.39 Å². The van der Waals surface area contributed by atoms with Crippen LogP contribution in [0, 0.1) is 19.7 Å². The summed E-state index contributed by atoms with van der Waals surface area (Å²) in [6.07, 6.45) is 7.85. The molecule has 3 aromatic rings. The molecule has 0 bridgehead atoms. The zero-order chi connectivity index (χ0) is 19.0. The number of likely N-dealkylation sites (tertiary alicyclic amines) is 1. The van der Waals surface area contributed by atoms with Crippen LogP contribution < -0.4 is 0 Å². The fourth-order valence-corrected chi connectivity index (χ4v) is 4.17. The minimum absolute atomic E-state index is 0.0184. The highest BCUT2D eigenvalue weighted by molar-refractivity contribution is 6.01. The van der Waals surface area contributed by atoms with E-state index >= 15 is 0 Å². The molecule has 27 heavy (non-hydrogen) atoms. The van der Waals surface area contributed by atoms with Gasteiger partial charge < -0.3 is 14.5 Å². The second-order valence-electron chi connectivity index (χ2n) is 7.39. The lowest BCUT2D eigenvalue weighted by Gasteiger charge is -2.36. The molecule has 1 aliphatic rings. The molecule has 1 atom stereocenters. The van der Waals surface area contributed by atoms with Crippen molar-refractivity contribution in [1.29, 1.82) is 0 Å². The van der Waals surface area contributed by atoms with Gasteiger partial charge in [0, 0.05) is 36.9 Å². The van der Waals surface area contributed by atoms with Crippen LogP contribution in [0.1, 0.15) is 47.6 Å². The third-order valence-electron chi connectivity index (χ3n) is 5.77. The number of hydrogen-bond donors (Lipinski definition) is 1. The topological polar surface area (TPSA) is 53.9 Å². The molecule has 0 radical (unpaired) electrons. The first-order chi connectivity index (χ1) is 13.1. The lowest BCUT2D eigenvalue weighted by molar-refractivity contribution is 0.0589. The summed E-state index contributed by atoms with van der Waals surface area (Å²) >= 11 is 0. The molecule has 3 heterocycles. The molecule has 6 heteroatoms. The first-order valence-corrected chi connectivity index (χ1v) is 9.61. The lowest BCUT2D eigenvalue weighted by Crippen LogP contribution is -2.44. The van der Waals surface area contributed by atoms with Crippen molar-refractivity contribution in [2.24, 2.45) is 0 Å². The summed E-state index contributed by atoms with van der Waals surface area (Å²) in [7, 11) is 0. The Hall–Kier alpha value is -2.63. The van der Waals surface area contributed by atoms with Crippen molar-refractivity contribution in [3.05, 3.63) is 53.5 Å². The van der Waals surface area contributed by atoms with E-state index in [0.29, 0.717) is 11.2 Å². The third kappa shape index (κ3) is 3.24. The van der Waals surface area contributed by atoms with Crippen LogP contribution in [0.25, 0.3) is 10.9 Å². The summed E-state index contributed by atoms with van der Waals surface area (Å²) in [6.45, 7) is 5.48. The molecule has 1 aliphatic heterocycles. The monoisotopic (exact) mass is 368 g/mol. The largest absolute Gasteiger partial charge is 0.348 e. The maximum atomic E-state index is 14.1. The predicted molar refractivity (Wildman–Crippen MR) is 103 cm³/mol. The Bertz CT molecular complexity index is 974. The summed E-state index contributed by atoms with van der Waals surface area (Å²) in [5.74, 6) is 0.654. The molecule has 1 unspecified atom stereocenters. The lowest BCUT2D eigenvalue weighted by atomic mass is 9.98. The fourth-order valence-electron chi connectivity index (χ4n) is 4.17. The number of aromatic nitrogens is 3. The van der Waals surface area contributed by atoms with Gasteiger partial charge in [-0.15, -0.1) is 0 Å². The number of nitrogens with one attached hydrogen (secondary N) is 1. The summed E-state index contributed by atoms with van der Waals surface area (Å²) in [5, 5.41) is 0.779. The number of H-pyrrole nitrogens is 1. The van der Waals surface area contributed by atoms with E-state index in [1.807, 2.05) is 37.2 Å². The first kappa shape index (κ1) is 17.8. The van der Waals surface area contributed by atoms with Gasteiger partial charge in [0.15, 0.2) is 0 Å². The minimum atomic E-state index is -0.319. The molecule has 1 N–H and O–H groups in total. The minimum Gasteiger partial charge on any atom is -0.348 e. The number of carbonyl (C=O) groups is 1. The van der Waals surface area contributed by atoms with E-state index in [0.717, 1.165) is 55.5 Å². The Labute approximate surface area is 158 Å². The van der Waals surface area contributed by atoms with Crippen molar-refractivity contribution < 1.29 is 9.18 Å². The third-order valence-corrected chi connectivity index (χ3v) is 5.77. The number of amides is 1. The van der Waals surface area contributed by atoms with E-state index < -0.39 is 0 Å². The van der Waals surface area contributed by atoms with Crippen molar-refractivity contribution in [2.45, 2.75) is 52.1 Å². The quantitative estimate of drug-likeness (QED) is 0.750. The van der Waals surface area contributed by atoms with Crippen LogP contribution in [0.3, 0.4) is 0 Å². The van der Waals surface area contributed by atoms with Crippen LogP contribution >= 0.6 is 0 Å². The Morgan fingerprint density at radius 2 is 2.19 bits per heavy atom. The van der Waals surface area contributed by atoms with Gasteiger partial charge >= 0.3 is 0 Å². The van der Waals surface area contributed by atoms with E-state index in [9.17, 15) is 9.18 Å². The molecule has 0 aliphatic carbocycles. The van der Waals surface area contributed by atoms with Crippen molar-refractivity contribution in [3.8, 4) is 0 Å². The molecule has 1 saturated heterocycles. The van der Waals surface area contributed by atoms with Crippen molar-refractivity contribution >= 4 is 16.8 Å². The van der Waals surface area contributed by atoms with E-state index in [2.05, 4.69) is 14.5 Å². The first-order valence-electron chi connectivity index (χ1n) is 9.61. The fraction of sp³-hybridized carbons (Fsp3) is 0.429. The summed E-state index contributed by atoms with van der Waals surface area (Å²) in [6, 6.07) is 5.16. The number of para-hydroxylation sites is 1. The number of fused-ring (bicyclic) bond motifs is 1. The highest BCUT2D eigenvalue weighted by Gasteiger charge is 2.29. The number of rotatable bonds is 4. The number of nitrogens with zero attached hydrogens (tertiary/aromatic N) is 3. The van der Waals surface area contributed by atoms with Gasteiger partial charge in [-0.25, -0.2) is 9.37 Å². The van der Waals surface area contributed by atoms with E-state index in [1.54, 1.807) is 6.07 Å². The number of imidazole rings is 1. The van der Waals surface area contributed by atoms with Crippen molar-refractivity contribution in [1.82, 2.24) is 19.4 Å². The standard InChI is InChI=1S/C21H25FN4O/c1-14-17-7-5-8-18(22)20(17)24-19(14)21(27)26-11-4-3-6-16(26)9-12-25-13-10-23-15(25)2/h5,7-8,10,13,16,24H,3-4,6,9,11-12H2,1-2H3. The molecule has 5 nitrogen and oxygen atoms in total. The highest BCUT2D eigenvalue weighted by Crippen LogP contribution is 2.28. The van der Waals surface area contributed by atoms with Crippen LogP contribution in [0.2, 0.25) is 0 Å². The Balaban J connectivity index is 1.58. The van der Waals surface area contributed by atoms with E-state index in [-0.39, 0.29) is 17.8 Å². The van der Waals surface area contributed by atoms with Crippen LogP contribution in [0.15, 0.2) is 30.6 Å². The van der Waals surface area contributed by atoms with Crippen LogP contribution in [-0.4, -0.2) is 37.9 Å². The SMILES string of the molecule is Cc1c(C(=O)N2CCCCC2CCn2ccnc2C)[nH]c2c(F)cccc12. The zero-order valence-corrected chi connectivity index (χ0v) is 15.8. The number of aromatic amines is 1. The normalized spacial score (nSPS) is 17.6. The average Bonchev–Trinajstić information content (AvgIpc) is 3.24. The number of hydrogen-bond acceptors (Lipinski definition) is 2. The summed E-state index contributed by atoms with van der Waals surface area (Å²) in [4.78, 5) is 22.6. The van der Waals surface area contributed by atoms with Gasteiger partial charge in [-0.1, -0.05) is 12.1 Å². The van der Waals surface area contributed by atoms with Crippen molar-refractivity contribution in [2.75, 3.05) is 6.54 Å². The van der Waals surface area contributed by atoms with Crippen molar-refractivity contribution in [3.63, 3.8) is 0 Å². The zero-order valence-electron chi connectivity index (χ0n) is 15.8. The molecule has 0 saturated carbocycles. The Morgan fingerprint density at radius 1 is 1.33 bits per heavy atom. The second kappa shape index (κ2) is 7.18. The predicted octanol–water partition coefficient (Wildman–Crippen LogP) is 4.21. The van der Waals surface area contributed by atoms with Crippen LogP contribution in [-0.2, 0) is 6.54 Å². The molecule has 4 rings (SSSR count). The number of aryl methyl sites for hydroxylation is 3. The van der Waals surface area contributed by atoms with Gasteiger partial charge in [0.25, 0.3) is 5.91 Å². The van der Waals surface area contributed by atoms with Gasteiger partial charge in [0.1, 0.15) is 17.3 Å². The number of benzene rings is 1. The van der Waals surface area contributed by atoms with E-state index in [4.69, 9.17) is 0 Å². The highest BCUT2D eigenvalue weighted by atomic mass is 19.1. The second-order valence-corrected chi connectivity index (χ2v) is 7.39. The Morgan fingerprint density at radius 3 is 2.93 bits per heavy atom. The molecule has 1 aromatic carbocycles. The average molecular weight is 368 g/mol. The van der Waals surface area contributed by atoms with Crippen LogP contribution in [0.5, 0.6) is 0 Å². The van der Waals surface area contributed by atoms with Gasteiger partial charge in [0.2, 0.25) is 0 Å². The maximum Gasteiger partial charge on any atom is 0.270 e. The van der Waals surface area contributed by atoms with Gasteiger partial charge in [-0.3, -0.25) is 4.79 Å². The summed E-state index contributed by atoms with van der Waals surface area (Å²) < 4.78 is 16.2. The summed E-state index contributed by atoms with van der Waals surface area (Å²) in [5.41, 5.74) is 1.76. The molecule has 1 fully saturated rings. The molecule has 1 amide bonds. The number of carbonyl (C=O) groups excluding carboxylic acids is 1. The van der Waals surface area contributed by atoms with Gasteiger partial charge in [-0.05, 0) is 51.2 Å². The molecular formula is C21H25FN4O. The van der Waals surface area contributed by atoms with E-state index in [1.165, 1.54) is 6.07 Å². The molecule has 0 spiro atoms. The Kier molecular flexibility index (Phi) is 4.72. The molecule has 2 aromatic heterocycles. The number of halogens is 1. The number of piperidine rings is 1. The van der Waals surface area contributed by atoms with Gasteiger partial charge in [0.05, 0.1) is 5.52 Å². The van der Waals surface area contributed by atoms with Gasteiger partial charge in [-0.2, -0.15) is 0 Å². The molecule has 142 valence electrons. The smallest absolute Gasteiger partial charge is 0.270 e. The molecular weight excluding hydrogens is 343 g/mol.